The third kappa shape index (κ3) is 4.42. The highest BCUT2D eigenvalue weighted by molar-refractivity contribution is 6.03. The Balaban J connectivity index is 1.79. The number of benzene rings is 2. The van der Waals surface area contributed by atoms with Crippen molar-refractivity contribution in [2.45, 2.75) is 0 Å². The van der Waals surface area contributed by atoms with Gasteiger partial charge in [-0.25, -0.2) is 14.8 Å². The van der Waals surface area contributed by atoms with E-state index in [-0.39, 0.29) is 5.69 Å². The van der Waals surface area contributed by atoms with Crippen LogP contribution in [0.5, 0.6) is 5.75 Å². The minimum absolute atomic E-state index is 0.163. The van der Waals surface area contributed by atoms with Gasteiger partial charge < -0.3 is 20.1 Å². The van der Waals surface area contributed by atoms with Crippen LogP contribution < -0.4 is 15.4 Å². The normalized spacial score (nSPS) is 10.1. The number of esters is 1. The quantitative estimate of drug-likeness (QED) is 0.635. The van der Waals surface area contributed by atoms with Crippen LogP contribution in [0.1, 0.15) is 20.8 Å². The summed E-state index contributed by atoms with van der Waals surface area (Å²) in [5, 5.41) is 5.76. The molecule has 0 saturated carbocycles. The monoisotopic (exact) mass is 378 g/mol. The summed E-state index contributed by atoms with van der Waals surface area (Å²) in [6.45, 7) is 0. The van der Waals surface area contributed by atoms with Crippen molar-refractivity contribution in [1.82, 2.24) is 9.97 Å². The number of hydrogen-bond acceptors (Lipinski definition) is 7. The summed E-state index contributed by atoms with van der Waals surface area (Å²) in [4.78, 5) is 32.5. The largest absolute Gasteiger partial charge is 0.497 e. The number of carbonyl (C=O) groups is 2. The summed E-state index contributed by atoms with van der Waals surface area (Å²) in [6.07, 6.45) is 1.27. The second-order valence-corrected chi connectivity index (χ2v) is 5.64. The SMILES string of the molecule is COC(=O)c1ccccc1Nc1cc(C(=O)Nc2cccc(OC)c2)ncn1. The lowest BCUT2D eigenvalue weighted by atomic mass is 10.2. The Morgan fingerprint density at radius 3 is 2.57 bits per heavy atom. The maximum atomic E-state index is 12.5. The molecule has 0 atom stereocenters. The molecule has 8 heteroatoms. The molecule has 1 heterocycles. The first-order chi connectivity index (χ1) is 13.6. The fraction of sp³-hybridized carbons (Fsp3) is 0.100. The second kappa shape index (κ2) is 8.63. The molecule has 2 aromatic carbocycles. The van der Waals surface area contributed by atoms with Gasteiger partial charge in [0.1, 0.15) is 23.6 Å². The summed E-state index contributed by atoms with van der Waals surface area (Å²) in [7, 11) is 2.86. The van der Waals surface area contributed by atoms with Crippen molar-refractivity contribution in [3.05, 3.63) is 72.2 Å². The van der Waals surface area contributed by atoms with Gasteiger partial charge in [0.05, 0.1) is 25.5 Å². The summed E-state index contributed by atoms with van der Waals surface area (Å²) in [5.41, 5.74) is 1.60. The molecule has 1 amide bonds. The zero-order valence-electron chi connectivity index (χ0n) is 15.3. The molecule has 0 bridgehead atoms. The van der Waals surface area contributed by atoms with Crippen LogP contribution in [0.15, 0.2) is 60.9 Å². The molecule has 0 radical (unpaired) electrons. The second-order valence-electron chi connectivity index (χ2n) is 5.64. The van der Waals surface area contributed by atoms with Crippen molar-refractivity contribution in [1.29, 1.82) is 0 Å². The van der Waals surface area contributed by atoms with Gasteiger partial charge in [0, 0.05) is 17.8 Å². The van der Waals surface area contributed by atoms with Crippen molar-refractivity contribution in [3.63, 3.8) is 0 Å². The minimum Gasteiger partial charge on any atom is -0.497 e. The first kappa shape index (κ1) is 18.8. The van der Waals surface area contributed by atoms with E-state index in [0.29, 0.717) is 28.5 Å². The summed E-state index contributed by atoms with van der Waals surface area (Å²) in [5.74, 6) is 0.109. The Bertz CT molecular complexity index is 1010. The molecule has 3 rings (SSSR count). The maximum absolute atomic E-state index is 12.5. The number of methoxy groups -OCH3 is 2. The zero-order chi connectivity index (χ0) is 19.9. The molecule has 0 spiro atoms. The van der Waals surface area contributed by atoms with Crippen molar-refractivity contribution < 1.29 is 19.1 Å². The number of nitrogens with one attached hydrogen (secondary N) is 2. The number of carbonyl (C=O) groups excluding carboxylic acids is 2. The Hall–Kier alpha value is -3.94. The van der Waals surface area contributed by atoms with E-state index in [4.69, 9.17) is 9.47 Å². The molecule has 0 aliphatic rings. The number of aromatic nitrogens is 2. The fourth-order valence-electron chi connectivity index (χ4n) is 2.46. The average Bonchev–Trinajstić information content (AvgIpc) is 2.74. The van der Waals surface area contributed by atoms with Crippen LogP contribution in [0.3, 0.4) is 0 Å². The summed E-state index contributed by atoms with van der Waals surface area (Å²) < 4.78 is 9.92. The van der Waals surface area contributed by atoms with Crippen LogP contribution in [0.2, 0.25) is 0 Å². The first-order valence-electron chi connectivity index (χ1n) is 8.32. The molecular weight excluding hydrogens is 360 g/mol. The number of nitrogens with zero attached hydrogens (tertiary/aromatic N) is 2. The summed E-state index contributed by atoms with van der Waals surface area (Å²) >= 11 is 0. The van der Waals surface area contributed by atoms with E-state index >= 15 is 0 Å². The van der Waals surface area contributed by atoms with Gasteiger partial charge in [0.15, 0.2) is 0 Å². The lowest BCUT2D eigenvalue weighted by Crippen LogP contribution is -2.14. The Morgan fingerprint density at radius 1 is 0.964 bits per heavy atom. The number of ether oxygens (including phenoxy) is 2. The van der Waals surface area contributed by atoms with E-state index in [2.05, 4.69) is 20.6 Å². The fourth-order valence-corrected chi connectivity index (χ4v) is 2.46. The number of rotatable bonds is 6. The van der Waals surface area contributed by atoms with Crippen LogP contribution in [0.4, 0.5) is 17.2 Å². The van der Waals surface area contributed by atoms with Gasteiger partial charge in [-0.2, -0.15) is 0 Å². The third-order valence-corrected chi connectivity index (χ3v) is 3.82. The highest BCUT2D eigenvalue weighted by atomic mass is 16.5. The lowest BCUT2D eigenvalue weighted by molar-refractivity contribution is 0.0601. The number of anilines is 3. The molecule has 1 aromatic heterocycles. The van der Waals surface area contributed by atoms with Gasteiger partial charge in [0.2, 0.25) is 0 Å². The van der Waals surface area contributed by atoms with Crippen molar-refractivity contribution in [3.8, 4) is 5.75 Å². The molecule has 3 aromatic rings. The molecule has 28 heavy (non-hydrogen) atoms. The minimum atomic E-state index is -0.479. The predicted molar refractivity (Wildman–Crippen MR) is 104 cm³/mol. The van der Waals surface area contributed by atoms with E-state index in [0.717, 1.165) is 0 Å². The van der Waals surface area contributed by atoms with Crippen LogP contribution >= 0.6 is 0 Å². The van der Waals surface area contributed by atoms with Gasteiger partial charge in [-0.15, -0.1) is 0 Å². The van der Waals surface area contributed by atoms with Gasteiger partial charge in [0.25, 0.3) is 5.91 Å². The van der Waals surface area contributed by atoms with Crippen molar-refractivity contribution in [2.75, 3.05) is 24.9 Å². The van der Waals surface area contributed by atoms with Crippen LogP contribution in [0, 0.1) is 0 Å². The molecule has 0 aliphatic heterocycles. The molecule has 0 unspecified atom stereocenters. The van der Waals surface area contributed by atoms with Crippen molar-refractivity contribution >= 4 is 29.1 Å². The highest BCUT2D eigenvalue weighted by Gasteiger charge is 2.13. The lowest BCUT2D eigenvalue weighted by Gasteiger charge is -2.11. The molecule has 0 saturated heterocycles. The van der Waals surface area contributed by atoms with Gasteiger partial charge in [-0.1, -0.05) is 18.2 Å². The Labute approximate surface area is 161 Å². The topological polar surface area (TPSA) is 102 Å². The molecule has 142 valence electrons. The molecule has 0 fully saturated rings. The van der Waals surface area contributed by atoms with Gasteiger partial charge in [-0.05, 0) is 24.3 Å². The summed E-state index contributed by atoms with van der Waals surface area (Å²) in [6, 6.07) is 15.3. The van der Waals surface area contributed by atoms with Gasteiger partial charge in [-0.3, -0.25) is 4.79 Å². The van der Waals surface area contributed by atoms with E-state index in [1.807, 2.05) is 0 Å². The number of amides is 1. The first-order valence-corrected chi connectivity index (χ1v) is 8.32. The Morgan fingerprint density at radius 2 is 1.79 bits per heavy atom. The standard InChI is InChI=1S/C20H18N4O4/c1-27-14-7-5-6-13(10-14)23-19(25)17-11-18(22-12-21-17)24-16-9-4-3-8-15(16)20(26)28-2/h3-12H,1-2H3,(H,23,25)(H,21,22,24). The zero-order valence-corrected chi connectivity index (χ0v) is 15.3. The van der Waals surface area contributed by atoms with E-state index < -0.39 is 11.9 Å². The molecule has 0 aliphatic carbocycles. The van der Waals surface area contributed by atoms with E-state index in [1.165, 1.54) is 19.5 Å². The van der Waals surface area contributed by atoms with Crippen molar-refractivity contribution in [2.24, 2.45) is 0 Å². The predicted octanol–water partition coefficient (Wildman–Crippen LogP) is 3.27. The van der Waals surface area contributed by atoms with E-state index in [1.54, 1.807) is 55.6 Å². The smallest absolute Gasteiger partial charge is 0.339 e. The van der Waals surface area contributed by atoms with Crippen LogP contribution in [0.25, 0.3) is 0 Å². The van der Waals surface area contributed by atoms with Crippen LogP contribution in [-0.4, -0.2) is 36.1 Å². The van der Waals surface area contributed by atoms with Crippen LogP contribution in [-0.2, 0) is 4.74 Å². The highest BCUT2D eigenvalue weighted by Crippen LogP contribution is 2.21. The number of para-hydroxylation sites is 1. The molecule has 8 nitrogen and oxygen atoms in total. The van der Waals surface area contributed by atoms with Gasteiger partial charge >= 0.3 is 5.97 Å². The average molecular weight is 378 g/mol. The maximum Gasteiger partial charge on any atom is 0.339 e. The van der Waals surface area contributed by atoms with E-state index in [9.17, 15) is 9.59 Å². The number of hydrogen-bond donors (Lipinski definition) is 2. The molecular formula is C20H18N4O4. The Kier molecular flexibility index (Phi) is 5.81. The third-order valence-electron chi connectivity index (χ3n) is 3.82. The molecule has 2 N–H and O–H groups in total.